The first-order chi connectivity index (χ1) is 8.83. The smallest absolute Gasteiger partial charge is 0.138 e. The fraction of sp³-hybridized carbons (Fsp3) is 0.0667. The van der Waals surface area contributed by atoms with Gasteiger partial charge in [-0.2, -0.15) is 0 Å². The number of rotatable bonds is 0. The summed E-state index contributed by atoms with van der Waals surface area (Å²) in [6, 6.07) is 9.73. The van der Waals surface area contributed by atoms with E-state index in [4.69, 9.17) is 0 Å². The van der Waals surface area contributed by atoms with Gasteiger partial charge in [0.05, 0.1) is 0 Å². The molecule has 0 unspecified atom stereocenters. The molecule has 3 nitrogen and oxygen atoms in total. The molecule has 3 heteroatoms. The summed E-state index contributed by atoms with van der Waals surface area (Å²) in [5, 5.41) is 1.04. The number of aromatic nitrogens is 3. The minimum Gasteiger partial charge on any atom is -0.346 e. The first kappa shape index (κ1) is 10.5. The highest BCUT2D eigenvalue weighted by molar-refractivity contribution is 5.82. The number of nitrogens with one attached hydrogen (secondary N) is 1. The molecule has 3 aromatic rings. The van der Waals surface area contributed by atoms with Crippen LogP contribution in [0.3, 0.4) is 0 Å². The van der Waals surface area contributed by atoms with Gasteiger partial charge in [0.2, 0.25) is 0 Å². The minimum atomic E-state index is 0.787. The summed E-state index contributed by atoms with van der Waals surface area (Å²) >= 11 is 0. The average molecular weight is 233 g/mol. The molecule has 86 valence electrons. The molecule has 0 radical (unpaired) electrons. The Hall–Kier alpha value is -2.60. The van der Waals surface area contributed by atoms with Gasteiger partial charge in [-0.1, -0.05) is 12.0 Å². The zero-order chi connectivity index (χ0) is 12.4. The monoisotopic (exact) mass is 233 g/mol. The molecule has 1 N–H and O–H groups in total. The Balaban J connectivity index is 2.05. The lowest BCUT2D eigenvalue weighted by Crippen LogP contribution is -1.85. The quantitative estimate of drug-likeness (QED) is 0.606. The summed E-state index contributed by atoms with van der Waals surface area (Å²) in [7, 11) is 0. The van der Waals surface area contributed by atoms with Gasteiger partial charge in [-0.15, -0.1) is 0 Å². The summed E-state index contributed by atoms with van der Waals surface area (Å²) in [4.78, 5) is 11.7. The van der Waals surface area contributed by atoms with Crippen LogP contribution in [-0.4, -0.2) is 15.0 Å². The molecule has 3 aromatic heterocycles. The zero-order valence-electron chi connectivity index (χ0n) is 9.94. The highest BCUT2D eigenvalue weighted by Gasteiger charge is 1.99. The zero-order valence-corrected chi connectivity index (χ0v) is 9.94. The Labute approximate surface area is 105 Å². The van der Waals surface area contributed by atoms with Crippen molar-refractivity contribution >= 4 is 11.0 Å². The van der Waals surface area contributed by atoms with E-state index in [1.165, 1.54) is 0 Å². The Kier molecular flexibility index (Phi) is 2.54. The van der Waals surface area contributed by atoms with Gasteiger partial charge in [0.1, 0.15) is 11.3 Å². The molecular formula is C15H11N3. The number of hydrogen-bond acceptors (Lipinski definition) is 2. The van der Waals surface area contributed by atoms with E-state index in [1.807, 2.05) is 43.5 Å². The first-order valence-electron chi connectivity index (χ1n) is 5.71. The highest BCUT2D eigenvalue weighted by atomic mass is 14.8. The van der Waals surface area contributed by atoms with E-state index < -0.39 is 0 Å². The number of aryl methyl sites for hydroxylation is 1. The average Bonchev–Trinajstić information content (AvgIpc) is 2.85. The van der Waals surface area contributed by atoms with Crippen molar-refractivity contribution in [3.63, 3.8) is 0 Å². The lowest BCUT2D eigenvalue weighted by molar-refractivity contribution is 1.18. The van der Waals surface area contributed by atoms with E-state index in [0.29, 0.717) is 0 Å². The van der Waals surface area contributed by atoms with Crippen molar-refractivity contribution in [1.29, 1.82) is 0 Å². The second kappa shape index (κ2) is 4.34. The van der Waals surface area contributed by atoms with E-state index in [-0.39, 0.29) is 0 Å². The maximum absolute atomic E-state index is 4.36. The minimum absolute atomic E-state index is 0.787. The predicted octanol–water partition coefficient (Wildman–Crippen LogP) is 2.67. The van der Waals surface area contributed by atoms with Crippen molar-refractivity contribution in [1.82, 2.24) is 15.0 Å². The fourth-order valence-corrected chi connectivity index (χ4v) is 1.81. The summed E-state index contributed by atoms with van der Waals surface area (Å²) in [6.45, 7) is 1.96. The van der Waals surface area contributed by atoms with Crippen LogP contribution < -0.4 is 0 Å². The van der Waals surface area contributed by atoms with Gasteiger partial charge >= 0.3 is 0 Å². The van der Waals surface area contributed by atoms with Gasteiger partial charge in [0, 0.05) is 29.0 Å². The van der Waals surface area contributed by atoms with Gasteiger partial charge in [0.25, 0.3) is 0 Å². The maximum Gasteiger partial charge on any atom is 0.138 e. The van der Waals surface area contributed by atoms with Gasteiger partial charge in [-0.25, -0.2) is 9.97 Å². The Morgan fingerprint density at radius 2 is 2.06 bits per heavy atom. The third-order valence-corrected chi connectivity index (χ3v) is 2.67. The Bertz CT molecular complexity index is 760. The third-order valence-electron chi connectivity index (χ3n) is 2.67. The van der Waals surface area contributed by atoms with Crippen LogP contribution in [0.2, 0.25) is 0 Å². The number of nitrogens with zero attached hydrogens (tertiary/aromatic N) is 2. The van der Waals surface area contributed by atoms with Gasteiger partial charge < -0.3 is 4.98 Å². The molecule has 0 aliphatic rings. The molecule has 0 aromatic carbocycles. The first-order valence-corrected chi connectivity index (χ1v) is 5.71. The standard InChI is InChI=1S/C15H11N3/c1-11-3-2-4-13(18-11)6-5-12-7-9-16-15-14(12)8-10-17-15/h2-4,7-10H,1H3,(H,16,17). The second-order valence-corrected chi connectivity index (χ2v) is 4.01. The van der Waals surface area contributed by atoms with Crippen LogP contribution >= 0.6 is 0 Å². The summed E-state index contributed by atoms with van der Waals surface area (Å²) in [5.74, 6) is 6.23. The lowest BCUT2D eigenvalue weighted by atomic mass is 10.2. The molecule has 0 bridgehead atoms. The third kappa shape index (κ3) is 1.96. The molecule has 0 aliphatic carbocycles. The van der Waals surface area contributed by atoms with Crippen LogP contribution in [0.1, 0.15) is 17.0 Å². The lowest BCUT2D eigenvalue weighted by Gasteiger charge is -1.94. The van der Waals surface area contributed by atoms with Crippen molar-refractivity contribution < 1.29 is 0 Å². The van der Waals surface area contributed by atoms with Crippen molar-refractivity contribution in [3.05, 3.63) is 59.7 Å². The number of hydrogen-bond donors (Lipinski definition) is 1. The Morgan fingerprint density at radius 3 is 2.94 bits per heavy atom. The van der Waals surface area contributed by atoms with Crippen LogP contribution in [0.25, 0.3) is 11.0 Å². The summed E-state index contributed by atoms with van der Waals surface area (Å²) in [6.07, 6.45) is 3.63. The normalized spacial score (nSPS) is 10.1. The van der Waals surface area contributed by atoms with Crippen molar-refractivity contribution in [3.8, 4) is 11.8 Å². The van der Waals surface area contributed by atoms with Crippen LogP contribution in [0.4, 0.5) is 0 Å². The number of aromatic amines is 1. The van der Waals surface area contributed by atoms with Gasteiger partial charge in [0.15, 0.2) is 0 Å². The molecule has 0 spiro atoms. The molecular weight excluding hydrogens is 222 g/mol. The largest absolute Gasteiger partial charge is 0.346 e. The van der Waals surface area contributed by atoms with Crippen molar-refractivity contribution in [2.75, 3.05) is 0 Å². The SMILES string of the molecule is Cc1cccc(C#Cc2ccnc3[nH]ccc23)n1. The van der Waals surface area contributed by atoms with Gasteiger partial charge in [-0.05, 0) is 37.1 Å². The molecule has 0 saturated carbocycles. The van der Waals surface area contributed by atoms with Crippen molar-refractivity contribution in [2.45, 2.75) is 6.92 Å². The molecule has 0 atom stereocenters. The molecule has 0 aliphatic heterocycles. The van der Waals surface area contributed by atoms with Crippen molar-refractivity contribution in [2.24, 2.45) is 0 Å². The number of H-pyrrole nitrogens is 1. The fourth-order valence-electron chi connectivity index (χ4n) is 1.81. The predicted molar refractivity (Wildman–Crippen MR) is 71.0 cm³/mol. The molecule has 0 fully saturated rings. The van der Waals surface area contributed by atoms with Crippen LogP contribution in [-0.2, 0) is 0 Å². The van der Waals surface area contributed by atoms with E-state index in [0.717, 1.165) is 28.0 Å². The highest BCUT2D eigenvalue weighted by Crippen LogP contribution is 2.13. The van der Waals surface area contributed by atoms with Crippen LogP contribution in [0.15, 0.2) is 42.7 Å². The molecule has 0 saturated heterocycles. The summed E-state index contributed by atoms with van der Waals surface area (Å²) in [5.41, 5.74) is 3.59. The summed E-state index contributed by atoms with van der Waals surface area (Å²) < 4.78 is 0. The molecule has 3 heterocycles. The van der Waals surface area contributed by atoms with Crippen LogP contribution in [0, 0.1) is 18.8 Å². The molecule has 0 amide bonds. The van der Waals surface area contributed by atoms with Crippen LogP contribution in [0.5, 0.6) is 0 Å². The second-order valence-electron chi connectivity index (χ2n) is 4.01. The van der Waals surface area contributed by atoms with E-state index in [9.17, 15) is 0 Å². The number of fused-ring (bicyclic) bond motifs is 1. The van der Waals surface area contributed by atoms with E-state index in [2.05, 4.69) is 26.8 Å². The van der Waals surface area contributed by atoms with E-state index in [1.54, 1.807) is 6.20 Å². The van der Waals surface area contributed by atoms with Gasteiger partial charge in [-0.3, -0.25) is 0 Å². The Morgan fingerprint density at radius 1 is 1.11 bits per heavy atom. The maximum atomic E-state index is 4.36. The van der Waals surface area contributed by atoms with E-state index >= 15 is 0 Å². The molecule has 18 heavy (non-hydrogen) atoms. The molecule has 3 rings (SSSR count). The number of pyridine rings is 2. The topological polar surface area (TPSA) is 41.6 Å².